The van der Waals surface area contributed by atoms with E-state index in [0.717, 1.165) is 56.0 Å². The fourth-order valence-electron chi connectivity index (χ4n) is 3.36. The summed E-state index contributed by atoms with van der Waals surface area (Å²) in [6.45, 7) is 1.75. The van der Waals surface area contributed by atoms with Gasteiger partial charge >= 0.3 is 0 Å². The smallest absolute Gasteiger partial charge is 0.163 e. The molecule has 6 nitrogen and oxygen atoms in total. The number of benzene rings is 2. The predicted octanol–water partition coefficient (Wildman–Crippen LogP) is 4.00. The van der Waals surface area contributed by atoms with Gasteiger partial charge in [0.1, 0.15) is 18.5 Å². The Morgan fingerprint density at radius 1 is 0.679 bits per heavy atom. The Morgan fingerprint density at radius 2 is 1.39 bits per heavy atom. The lowest BCUT2D eigenvalue weighted by atomic mass is 10.1. The van der Waals surface area contributed by atoms with E-state index in [1.165, 1.54) is 5.56 Å². The van der Waals surface area contributed by atoms with Crippen LogP contribution in [0.4, 0.5) is 0 Å². The van der Waals surface area contributed by atoms with Crippen molar-refractivity contribution in [1.29, 1.82) is 0 Å². The Hall–Kier alpha value is -3.28. The van der Waals surface area contributed by atoms with Crippen LogP contribution in [0.3, 0.4) is 0 Å². The zero-order valence-corrected chi connectivity index (χ0v) is 15.9. The summed E-state index contributed by atoms with van der Waals surface area (Å²) in [4.78, 5) is 0. The quantitative estimate of drug-likeness (QED) is 0.417. The third kappa shape index (κ3) is 4.52. The molecule has 0 N–H and O–H groups in total. The topological polar surface area (TPSA) is 61.4 Å². The summed E-state index contributed by atoms with van der Waals surface area (Å²) in [5, 5.41) is 16.7. The molecule has 0 aliphatic heterocycles. The Kier molecular flexibility index (Phi) is 5.87. The van der Waals surface area contributed by atoms with Crippen LogP contribution in [0.2, 0.25) is 0 Å². The molecule has 6 heteroatoms. The molecule has 0 saturated carbocycles. The average molecular weight is 372 g/mol. The average Bonchev–Trinajstić information content (AvgIpc) is 3.39. The summed E-state index contributed by atoms with van der Waals surface area (Å²) in [7, 11) is 0. The van der Waals surface area contributed by atoms with Crippen molar-refractivity contribution in [3.63, 3.8) is 0 Å². The lowest BCUT2D eigenvalue weighted by molar-refractivity contribution is 0.575. The summed E-state index contributed by atoms with van der Waals surface area (Å²) in [5.41, 5.74) is 2.37. The maximum atomic E-state index is 4.30. The second-order valence-electron chi connectivity index (χ2n) is 6.89. The molecule has 0 atom stereocenters. The van der Waals surface area contributed by atoms with Crippen LogP contribution in [0.25, 0.3) is 11.4 Å². The standard InChI is InChI=1S/C22H24N6/c1-4-10-19(11-5-1)16-28-18-23-25-21(28)14-8-3-9-15-27-17-24-26-22(27)20-12-6-2-7-13-20/h1-2,4-7,10-13,17-18H,3,8-9,14-16H2. The first-order valence-corrected chi connectivity index (χ1v) is 9.74. The third-order valence-corrected chi connectivity index (χ3v) is 4.84. The van der Waals surface area contributed by atoms with Crippen LogP contribution in [-0.2, 0) is 19.5 Å². The number of rotatable bonds is 9. The number of aromatic nitrogens is 6. The Balaban J connectivity index is 1.26. The van der Waals surface area contributed by atoms with Crippen LogP contribution < -0.4 is 0 Å². The van der Waals surface area contributed by atoms with E-state index in [0.29, 0.717) is 0 Å². The highest BCUT2D eigenvalue weighted by Crippen LogP contribution is 2.16. The van der Waals surface area contributed by atoms with Gasteiger partial charge in [0, 0.05) is 18.5 Å². The molecule has 0 bridgehead atoms. The van der Waals surface area contributed by atoms with Crippen molar-refractivity contribution in [1.82, 2.24) is 29.5 Å². The van der Waals surface area contributed by atoms with E-state index in [4.69, 9.17) is 0 Å². The van der Waals surface area contributed by atoms with E-state index in [9.17, 15) is 0 Å². The van der Waals surface area contributed by atoms with Crippen molar-refractivity contribution in [2.45, 2.75) is 38.8 Å². The molecule has 0 aliphatic carbocycles. The molecule has 2 aromatic carbocycles. The van der Waals surface area contributed by atoms with Gasteiger partial charge in [-0.2, -0.15) is 0 Å². The maximum Gasteiger partial charge on any atom is 0.163 e. The molecule has 0 aliphatic rings. The highest BCUT2D eigenvalue weighted by atomic mass is 15.3. The van der Waals surface area contributed by atoms with Gasteiger partial charge in [-0.05, 0) is 18.4 Å². The van der Waals surface area contributed by atoms with Crippen molar-refractivity contribution < 1.29 is 0 Å². The Morgan fingerprint density at radius 3 is 2.21 bits per heavy atom. The lowest BCUT2D eigenvalue weighted by Crippen LogP contribution is -2.05. The molecule has 0 unspecified atom stereocenters. The fourth-order valence-corrected chi connectivity index (χ4v) is 3.36. The molecule has 0 spiro atoms. The molecular formula is C22H24N6. The van der Waals surface area contributed by atoms with Gasteiger partial charge in [-0.3, -0.25) is 0 Å². The van der Waals surface area contributed by atoms with Gasteiger partial charge in [0.05, 0.1) is 6.54 Å². The van der Waals surface area contributed by atoms with Crippen molar-refractivity contribution in [2.75, 3.05) is 0 Å². The molecule has 0 fully saturated rings. The van der Waals surface area contributed by atoms with Crippen LogP contribution in [0.5, 0.6) is 0 Å². The van der Waals surface area contributed by atoms with Crippen molar-refractivity contribution in [3.8, 4) is 11.4 Å². The molecule has 0 saturated heterocycles. The number of nitrogens with zero attached hydrogens (tertiary/aromatic N) is 6. The third-order valence-electron chi connectivity index (χ3n) is 4.84. The van der Waals surface area contributed by atoms with E-state index < -0.39 is 0 Å². The van der Waals surface area contributed by atoms with Gasteiger partial charge in [0.15, 0.2) is 5.82 Å². The van der Waals surface area contributed by atoms with Crippen LogP contribution >= 0.6 is 0 Å². The summed E-state index contributed by atoms with van der Waals surface area (Å²) < 4.78 is 4.27. The molecule has 0 radical (unpaired) electrons. The van der Waals surface area contributed by atoms with Gasteiger partial charge in [-0.25, -0.2) is 0 Å². The van der Waals surface area contributed by atoms with Crippen molar-refractivity contribution in [3.05, 3.63) is 84.7 Å². The Bertz CT molecular complexity index is 974. The van der Waals surface area contributed by atoms with Crippen LogP contribution in [0.15, 0.2) is 73.3 Å². The minimum atomic E-state index is 0.824. The fraction of sp³-hybridized carbons (Fsp3) is 0.273. The molecular weight excluding hydrogens is 348 g/mol. The number of unbranched alkanes of at least 4 members (excludes halogenated alkanes) is 2. The summed E-state index contributed by atoms with van der Waals surface area (Å²) in [5.74, 6) is 1.99. The van der Waals surface area contributed by atoms with E-state index >= 15 is 0 Å². The predicted molar refractivity (Wildman–Crippen MR) is 109 cm³/mol. The van der Waals surface area contributed by atoms with Crippen molar-refractivity contribution >= 4 is 0 Å². The largest absolute Gasteiger partial charge is 0.314 e. The van der Waals surface area contributed by atoms with Gasteiger partial charge in [0.2, 0.25) is 0 Å². The van der Waals surface area contributed by atoms with E-state index in [2.05, 4.69) is 65.9 Å². The van der Waals surface area contributed by atoms with Crippen LogP contribution in [-0.4, -0.2) is 29.5 Å². The highest BCUT2D eigenvalue weighted by molar-refractivity contribution is 5.54. The van der Waals surface area contributed by atoms with E-state index in [1.54, 1.807) is 0 Å². The minimum Gasteiger partial charge on any atom is -0.314 e. The number of hydrogen-bond acceptors (Lipinski definition) is 4. The molecule has 28 heavy (non-hydrogen) atoms. The molecule has 0 amide bonds. The SMILES string of the molecule is c1ccc(Cn2cnnc2CCCCCn2cnnc2-c2ccccc2)cc1. The van der Waals surface area contributed by atoms with Gasteiger partial charge in [0.25, 0.3) is 0 Å². The summed E-state index contributed by atoms with van der Waals surface area (Å²) in [6, 6.07) is 20.6. The maximum absolute atomic E-state index is 4.30. The minimum absolute atomic E-state index is 0.824. The number of aryl methyl sites for hydroxylation is 2. The van der Waals surface area contributed by atoms with Crippen LogP contribution in [0.1, 0.15) is 30.7 Å². The van der Waals surface area contributed by atoms with Gasteiger partial charge < -0.3 is 9.13 Å². The zero-order chi connectivity index (χ0) is 19.0. The van der Waals surface area contributed by atoms with Gasteiger partial charge in [-0.1, -0.05) is 67.1 Å². The Labute approximate surface area is 164 Å². The van der Waals surface area contributed by atoms with E-state index in [-0.39, 0.29) is 0 Å². The molecule has 2 heterocycles. The molecule has 2 aromatic heterocycles. The van der Waals surface area contributed by atoms with Crippen LogP contribution in [0, 0.1) is 0 Å². The summed E-state index contributed by atoms with van der Waals surface area (Å²) >= 11 is 0. The zero-order valence-electron chi connectivity index (χ0n) is 15.9. The lowest BCUT2D eigenvalue weighted by Gasteiger charge is -2.08. The molecule has 142 valence electrons. The normalized spacial score (nSPS) is 11.0. The summed E-state index contributed by atoms with van der Waals surface area (Å²) in [6.07, 6.45) is 7.90. The monoisotopic (exact) mass is 372 g/mol. The van der Waals surface area contributed by atoms with Crippen molar-refractivity contribution in [2.24, 2.45) is 0 Å². The molecule has 4 rings (SSSR count). The first-order valence-electron chi connectivity index (χ1n) is 9.74. The first-order chi connectivity index (χ1) is 13.9. The second kappa shape index (κ2) is 9.08. The number of hydrogen-bond donors (Lipinski definition) is 0. The van der Waals surface area contributed by atoms with Gasteiger partial charge in [-0.15, -0.1) is 20.4 Å². The first kappa shape index (κ1) is 18.1. The van der Waals surface area contributed by atoms with E-state index in [1.807, 2.05) is 36.9 Å². The second-order valence-corrected chi connectivity index (χ2v) is 6.89. The molecule has 4 aromatic rings. The highest BCUT2D eigenvalue weighted by Gasteiger charge is 2.07.